The maximum atomic E-state index is 2.55. The molecule has 0 bridgehead atoms. The maximum absolute atomic E-state index is 2.55. The highest BCUT2D eigenvalue weighted by Gasteiger charge is 2.28. The third-order valence-electron chi connectivity index (χ3n) is 14.7. The lowest BCUT2D eigenvalue weighted by molar-refractivity contribution is 0.591. The molecule has 4 heteroatoms. The van der Waals surface area contributed by atoms with E-state index in [1.54, 1.807) is 0 Å². The van der Waals surface area contributed by atoms with Gasteiger partial charge in [0.15, 0.2) is 0 Å². The smallest absolute Gasteiger partial charge is 0.0640 e. The molecule has 72 heavy (non-hydrogen) atoms. The van der Waals surface area contributed by atoms with Crippen LogP contribution in [0.5, 0.6) is 0 Å². The van der Waals surface area contributed by atoms with Gasteiger partial charge < -0.3 is 9.80 Å². The van der Waals surface area contributed by atoms with Crippen LogP contribution in [0.1, 0.15) is 26.3 Å². The molecule has 14 rings (SSSR count). The van der Waals surface area contributed by atoms with Gasteiger partial charge in [0, 0.05) is 58.5 Å². The molecule has 0 amide bonds. The van der Waals surface area contributed by atoms with Crippen molar-refractivity contribution in [1.29, 1.82) is 0 Å². The van der Waals surface area contributed by atoms with Gasteiger partial charge in [-0.1, -0.05) is 215 Å². The van der Waals surface area contributed by atoms with Crippen molar-refractivity contribution in [3.8, 4) is 22.3 Å². The monoisotopic (exact) mass is 956 g/mol. The molecular formula is C68H48N2S2. The molecule has 12 aromatic carbocycles. The first-order valence-corrected chi connectivity index (χ1v) is 26.5. The predicted octanol–water partition coefficient (Wildman–Crippen LogP) is 20.9. The van der Waals surface area contributed by atoms with Crippen molar-refractivity contribution in [3.05, 3.63) is 242 Å². The Hall–Kier alpha value is -8.28. The number of anilines is 6. The Morgan fingerprint density at radius 1 is 0.306 bits per heavy atom. The van der Waals surface area contributed by atoms with Crippen LogP contribution in [0.3, 0.4) is 0 Å². The number of fused-ring (bicyclic) bond motifs is 6. The number of para-hydroxylation sites is 2. The largest absolute Gasteiger partial charge is 0.308 e. The highest BCUT2D eigenvalue weighted by atomic mass is 32.1. The third kappa shape index (κ3) is 6.74. The zero-order valence-electron chi connectivity index (χ0n) is 40.2. The minimum Gasteiger partial charge on any atom is -0.308 e. The van der Waals surface area contributed by atoms with E-state index in [1.807, 2.05) is 22.7 Å². The van der Waals surface area contributed by atoms with E-state index in [4.69, 9.17) is 0 Å². The molecule has 14 aromatic rings. The molecule has 0 unspecified atom stereocenters. The Morgan fingerprint density at radius 2 is 0.694 bits per heavy atom. The summed E-state index contributed by atoms with van der Waals surface area (Å²) in [5, 5.41) is 12.6. The van der Waals surface area contributed by atoms with Crippen LogP contribution >= 0.6 is 22.7 Å². The number of benzene rings is 12. The first-order chi connectivity index (χ1) is 35.4. The zero-order valence-corrected chi connectivity index (χ0v) is 41.9. The van der Waals surface area contributed by atoms with Crippen LogP contribution in [0, 0.1) is 0 Å². The van der Waals surface area contributed by atoms with E-state index < -0.39 is 0 Å². The minimum atomic E-state index is -0.0123. The van der Waals surface area contributed by atoms with Crippen molar-refractivity contribution in [1.82, 2.24) is 0 Å². The first kappa shape index (κ1) is 42.6. The number of thiophene rings is 2. The predicted molar refractivity (Wildman–Crippen MR) is 315 cm³/mol. The van der Waals surface area contributed by atoms with E-state index in [9.17, 15) is 0 Å². The summed E-state index contributed by atoms with van der Waals surface area (Å²) in [6.45, 7) is 6.96. The highest BCUT2D eigenvalue weighted by molar-refractivity contribution is 7.27. The Balaban J connectivity index is 1.11. The maximum Gasteiger partial charge on any atom is 0.0640 e. The van der Waals surface area contributed by atoms with E-state index in [1.165, 1.54) is 100 Å². The summed E-state index contributed by atoms with van der Waals surface area (Å²) in [5.41, 5.74) is 13.1. The normalized spacial score (nSPS) is 12.1. The van der Waals surface area contributed by atoms with Gasteiger partial charge in [0.25, 0.3) is 0 Å². The Morgan fingerprint density at radius 3 is 1.11 bits per heavy atom. The third-order valence-corrected chi connectivity index (χ3v) is 17.3. The van der Waals surface area contributed by atoms with Gasteiger partial charge in [-0.15, -0.1) is 22.7 Å². The molecule has 0 aliphatic carbocycles. The van der Waals surface area contributed by atoms with Crippen molar-refractivity contribution in [2.75, 3.05) is 9.80 Å². The van der Waals surface area contributed by atoms with Crippen molar-refractivity contribution in [2.45, 2.75) is 26.2 Å². The summed E-state index contributed by atoms with van der Waals surface area (Å²) in [6, 6.07) is 88.0. The summed E-state index contributed by atoms with van der Waals surface area (Å²) < 4.78 is 5.11. The molecule has 0 atom stereocenters. The minimum absolute atomic E-state index is 0.0123. The number of nitrogens with zero attached hydrogens (tertiary/aromatic N) is 2. The first-order valence-electron chi connectivity index (χ1n) is 24.8. The van der Waals surface area contributed by atoms with Crippen LogP contribution < -0.4 is 9.80 Å². The molecule has 2 heterocycles. The molecular weight excluding hydrogens is 909 g/mol. The molecule has 0 aliphatic rings. The van der Waals surface area contributed by atoms with Gasteiger partial charge in [0.1, 0.15) is 0 Å². The van der Waals surface area contributed by atoms with Crippen LogP contribution in [0.15, 0.2) is 237 Å². The fourth-order valence-corrected chi connectivity index (χ4v) is 14.0. The van der Waals surface area contributed by atoms with Crippen molar-refractivity contribution in [3.63, 3.8) is 0 Å². The van der Waals surface area contributed by atoms with Crippen LogP contribution in [0.25, 0.3) is 94.9 Å². The number of hydrogen-bond acceptors (Lipinski definition) is 4. The standard InChI is InChI=1S/C68H48N2S2/c1-68(2,3)47-40-45-36-38-56-60(69(48-24-12-6-13-25-48)58-34-18-32-54-52-30-16-28-50(64(52)71-66(54)58)43-20-8-4-9-21-43)42-61(57-39-37-46(41-47)62(45)63(56)57)70(49-26-14-7-15-27-49)59-35-19-33-55-53-31-17-29-51(65(53)72-67(55)59)44-22-10-5-11-23-44/h4-42H,1-3H3. The summed E-state index contributed by atoms with van der Waals surface area (Å²) in [4.78, 5) is 5.09. The Labute approximate surface area is 427 Å². The fraction of sp³-hybridized carbons (Fsp3) is 0.0588. The molecule has 2 nitrogen and oxygen atoms in total. The highest BCUT2D eigenvalue weighted by Crippen LogP contribution is 2.55. The summed E-state index contributed by atoms with van der Waals surface area (Å²) in [6.07, 6.45) is 0. The Bertz CT molecular complexity index is 4090. The fourth-order valence-electron chi connectivity index (χ4n) is 11.3. The molecule has 0 radical (unpaired) electrons. The molecule has 0 fully saturated rings. The van der Waals surface area contributed by atoms with Gasteiger partial charge >= 0.3 is 0 Å². The average molecular weight is 957 g/mol. The molecule has 2 aromatic heterocycles. The van der Waals surface area contributed by atoms with E-state index in [2.05, 4.69) is 267 Å². The van der Waals surface area contributed by atoms with E-state index in [-0.39, 0.29) is 5.41 Å². The van der Waals surface area contributed by atoms with Crippen molar-refractivity contribution < 1.29 is 0 Å². The van der Waals surface area contributed by atoms with Crippen LogP contribution in [-0.2, 0) is 5.41 Å². The summed E-state index contributed by atoms with van der Waals surface area (Å²) in [5.74, 6) is 0. The lowest BCUT2D eigenvalue weighted by Gasteiger charge is -2.33. The lowest BCUT2D eigenvalue weighted by atomic mass is 9.83. The molecule has 0 aliphatic heterocycles. The topological polar surface area (TPSA) is 6.48 Å². The van der Waals surface area contributed by atoms with Crippen LogP contribution in [0.4, 0.5) is 34.1 Å². The summed E-state index contributed by atoms with van der Waals surface area (Å²) in [7, 11) is 0. The molecule has 342 valence electrons. The van der Waals surface area contributed by atoms with Gasteiger partial charge in [-0.3, -0.25) is 0 Å². The van der Waals surface area contributed by atoms with Gasteiger partial charge in [-0.2, -0.15) is 0 Å². The second-order valence-corrected chi connectivity index (χ2v) is 22.1. The zero-order chi connectivity index (χ0) is 48.1. The molecule has 0 saturated heterocycles. The van der Waals surface area contributed by atoms with Crippen molar-refractivity contribution >= 4 is 129 Å². The van der Waals surface area contributed by atoms with Gasteiger partial charge in [0.05, 0.1) is 32.1 Å². The van der Waals surface area contributed by atoms with Crippen LogP contribution in [0.2, 0.25) is 0 Å². The molecule has 0 N–H and O–H groups in total. The molecule has 0 spiro atoms. The summed E-state index contributed by atoms with van der Waals surface area (Å²) >= 11 is 3.80. The van der Waals surface area contributed by atoms with Crippen LogP contribution in [-0.4, -0.2) is 0 Å². The average Bonchev–Trinajstić information content (AvgIpc) is 4.01. The number of hydrogen-bond donors (Lipinski definition) is 0. The lowest BCUT2D eigenvalue weighted by Crippen LogP contribution is -2.15. The quantitative estimate of drug-likeness (QED) is 0.140. The second-order valence-electron chi connectivity index (χ2n) is 20.0. The van der Waals surface area contributed by atoms with E-state index in [0.717, 1.165) is 34.1 Å². The number of rotatable bonds is 8. The Kier molecular flexibility index (Phi) is 9.86. The SMILES string of the molecule is CC(C)(C)c1cc2ccc3c(N(c4ccccc4)c4cccc5c4sc4c(-c6ccccc6)cccc45)cc(N(c4ccccc4)c4cccc5c4sc4c(-c6ccccc6)cccc45)c4ccc(c1)c2c34. The molecule has 0 saturated carbocycles. The van der Waals surface area contributed by atoms with Gasteiger partial charge in [0.2, 0.25) is 0 Å². The van der Waals surface area contributed by atoms with Gasteiger partial charge in [-0.25, -0.2) is 0 Å². The van der Waals surface area contributed by atoms with E-state index in [0.29, 0.717) is 0 Å². The van der Waals surface area contributed by atoms with E-state index >= 15 is 0 Å². The second kappa shape index (κ2) is 16.7. The van der Waals surface area contributed by atoms with Crippen molar-refractivity contribution in [2.24, 2.45) is 0 Å². The van der Waals surface area contributed by atoms with Gasteiger partial charge in [-0.05, 0) is 91.9 Å².